The zero-order valence-corrected chi connectivity index (χ0v) is 66.6. The number of benzene rings is 6. The monoisotopic (exact) mass is 1700 g/mol. The Morgan fingerprint density at radius 2 is 0.856 bits per heavy atom. The average molecular weight is 1700 g/mol. The molecular formula is C87H64Cl6N10O15. The van der Waals surface area contributed by atoms with Crippen molar-refractivity contribution in [1.82, 2.24) is 35.4 Å². The van der Waals surface area contributed by atoms with Crippen LogP contribution in [-0.4, -0.2) is 81.8 Å². The molecule has 6 aromatic heterocycles. The van der Waals surface area contributed by atoms with Gasteiger partial charge in [-0.2, -0.15) is 0 Å². The lowest BCUT2D eigenvalue weighted by Crippen LogP contribution is -2.31. The van der Waals surface area contributed by atoms with Crippen LogP contribution in [-0.2, 0) is 61.8 Å². The predicted molar refractivity (Wildman–Crippen MR) is 433 cm³/mol. The van der Waals surface area contributed by atoms with Crippen molar-refractivity contribution in [3.8, 4) is 56.8 Å². The fourth-order valence-electron chi connectivity index (χ4n) is 15.9. The van der Waals surface area contributed by atoms with Crippen molar-refractivity contribution < 1.29 is 71.5 Å². The molecule has 3 aliphatic heterocycles. The van der Waals surface area contributed by atoms with Gasteiger partial charge in [0, 0.05) is 51.9 Å². The topological polar surface area (TPSA) is 319 Å². The Labute approximate surface area is 701 Å². The van der Waals surface area contributed by atoms with Crippen LogP contribution >= 0.6 is 69.6 Å². The zero-order chi connectivity index (χ0) is 81.2. The Bertz CT molecular complexity index is 6070. The van der Waals surface area contributed by atoms with E-state index in [2.05, 4.69) is 35.4 Å². The fourth-order valence-corrected chi connectivity index (χ4v) is 17.7. The van der Waals surface area contributed by atoms with Crippen molar-refractivity contribution in [2.24, 2.45) is 0 Å². The minimum Gasteiger partial charge on any atom is -0.489 e. The van der Waals surface area contributed by atoms with Crippen LogP contribution in [0.3, 0.4) is 0 Å². The van der Waals surface area contributed by atoms with Crippen molar-refractivity contribution in [2.45, 2.75) is 137 Å². The van der Waals surface area contributed by atoms with E-state index < -0.39 is 28.2 Å². The fraction of sp³-hybridized carbons (Fsp3) is 0.253. The van der Waals surface area contributed by atoms with Crippen molar-refractivity contribution in [3.63, 3.8) is 0 Å². The number of hydrogen-bond acceptors (Lipinski definition) is 20. The number of aromatic carboxylic acids is 2. The van der Waals surface area contributed by atoms with Gasteiger partial charge in [-0.25, -0.2) is 29.4 Å². The van der Waals surface area contributed by atoms with E-state index in [1.165, 1.54) is 41.7 Å². The number of hydrogen-bond donors (Lipinski definition) is 2. The molecule has 31 heteroatoms. The summed E-state index contributed by atoms with van der Waals surface area (Å²) in [7, 11) is 0. The van der Waals surface area contributed by atoms with E-state index in [1.54, 1.807) is 88.8 Å². The normalized spacial score (nSPS) is 16.9. The van der Waals surface area contributed by atoms with Crippen LogP contribution in [0.25, 0.3) is 33.8 Å². The maximum absolute atomic E-state index is 13.5. The van der Waals surface area contributed by atoms with Gasteiger partial charge in [0.05, 0.1) is 116 Å². The molecule has 3 amide bonds. The maximum Gasteiger partial charge on any atom is 0.337 e. The number of anilines is 5. The SMILES string of the molecule is O=C(O)c1ccc(CN2C(=O)C3(CC3)c3cc(OCc4c(-c5c(Cl)cccc5Cl)noc4C4CC4)ccc32)nc1.O=C(O)c1ccc(N2C(=O)C3(CC3)c3cc(OCc4c(-c5c(Cl)cccc5Cl)noc4C4CC4)cnc32)cc1.O=COc1cnc(N2C(=O)C3(CC3)c3cc(OCc4c(-c5c(Cl)cccc5Cl)noc4C4CC4)ccc32)nc1. The number of amides is 3. The Morgan fingerprint density at radius 1 is 0.449 bits per heavy atom. The standard InChI is InChI=1S/C30H23Cl2N3O5.C29H21Cl2N3O5.C28H20Cl2N4O5/c31-22-2-1-3-23(32)25(22)26-20(27(40-34-26)16-4-5-16)15-39-19-8-9-24-21(12-19)30(10-11-30)29(38)35(24)14-18-7-6-17(13-33-18)28(36)37;30-21-2-1-3-22(31)23(21)24-19(25(39-33-24)15-4-5-15)14-38-18-12-20-26(32-13-18)34(28(37)29(20)10-11-29)17-8-6-16(7-9-17)27(35)36;29-20-2-1-3-21(30)23(20)24-18(25(39-33-24)15-4-5-15)13-37-16-6-7-22-19(10-16)28(8-9-28)26(36)34(22)27-31-11-17(12-32-27)38-14-35/h1-3,6-9,12-13,16H,4-5,10-11,14-15H2,(H,36,37);1-3,6-9,12-13,15H,4-5,10-11,14H2,(H,35,36);1-3,6-7,10-12,14-15H,4-5,8-9,13H2. The Morgan fingerprint density at radius 3 is 1.29 bits per heavy atom. The Hall–Kier alpha value is -11.7. The molecule has 2 N–H and O–H groups in total. The molecule has 6 aliphatic carbocycles. The highest BCUT2D eigenvalue weighted by atomic mass is 35.5. The second-order valence-electron chi connectivity index (χ2n) is 30.5. The van der Waals surface area contributed by atoms with Crippen molar-refractivity contribution in [1.29, 1.82) is 0 Å². The first-order chi connectivity index (χ1) is 57.2. The van der Waals surface area contributed by atoms with Gasteiger partial charge in [0.1, 0.15) is 77.2 Å². The summed E-state index contributed by atoms with van der Waals surface area (Å²) in [5.74, 6) is 3.84. The molecule has 9 heterocycles. The number of pyridine rings is 2. The highest BCUT2D eigenvalue weighted by Gasteiger charge is 2.62. The Balaban J connectivity index is 0.000000118. The van der Waals surface area contributed by atoms with Gasteiger partial charge in [0.2, 0.25) is 23.7 Å². The van der Waals surface area contributed by atoms with Crippen LogP contribution in [0.15, 0.2) is 172 Å². The van der Waals surface area contributed by atoms with Gasteiger partial charge >= 0.3 is 11.9 Å². The van der Waals surface area contributed by atoms with E-state index in [9.17, 15) is 33.9 Å². The lowest BCUT2D eigenvalue weighted by molar-refractivity contribution is -0.121. The number of carbonyl (C=O) groups excluding carboxylic acids is 4. The van der Waals surface area contributed by atoms with Crippen molar-refractivity contribution >= 4 is 135 Å². The number of ether oxygens (including phenoxy) is 4. The van der Waals surface area contributed by atoms with Gasteiger partial charge in [-0.1, -0.05) is 103 Å². The summed E-state index contributed by atoms with van der Waals surface area (Å²) in [4.78, 5) is 95.6. The molecule has 594 valence electrons. The summed E-state index contributed by atoms with van der Waals surface area (Å²) < 4.78 is 40.8. The van der Waals surface area contributed by atoms with E-state index in [1.807, 2.05) is 42.5 Å². The molecule has 25 nitrogen and oxygen atoms in total. The third-order valence-corrected chi connectivity index (χ3v) is 24.9. The van der Waals surface area contributed by atoms with Crippen molar-refractivity contribution in [3.05, 3.63) is 256 Å². The number of carboxylic acids is 2. The van der Waals surface area contributed by atoms with E-state index in [4.69, 9.17) is 107 Å². The zero-order valence-electron chi connectivity index (χ0n) is 62.1. The summed E-state index contributed by atoms with van der Waals surface area (Å²) in [5, 5.41) is 34.2. The van der Waals surface area contributed by atoms with Gasteiger partial charge in [0.15, 0.2) is 5.75 Å². The van der Waals surface area contributed by atoms with Crippen LogP contribution in [0, 0.1) is 0 Å². The molecule has 6 aromatic carbocycles. The number of carboxylic acid groups (broad SMARTS) is 2. The van der Waals surface area contributed by atoms with E-state index in [0.29, 0.717) is 122 Å². The van der Waals surface area contributed by atoms with Gasteiger partial charge in [-0.05, 0) is 203 Å². The molecular weight excluding hydrogens is 1640 g/mol. The third-order valence-electron chi connectivity index (χ3n) is 23.0. The lowest BCUT2D eigenvalue weighted by Gasteiger charge is -2.18. The quantitative estimate of drug-likeness (QED) is 0.0562. The van der Waals surface area contributed by atoms with Crippen molar-refractivity contribution in [2.75, 3.05) is 14.7 Å². The molecule has 0 bridgehead atoms. The van der Waals surface area contributed by atoms with Crippen LogP contribution in [0.5, 0.6) is 23.0 Å². The smallest absolute Gasteiger partial charge is 0.337 e. The molecule has 118 heavy (non-hydrogen) atoms. The molecule has 21 rings (SSSR count). The van der Waals surface area contributed by atoms with E-state index in [0.717, 1.165) is 133 Å². The third kappa shape index (κ3) is 13.8. The maximum atomic E-state index is 13.5. The van der Waals surface area contributed by atoms with E-state index in [-0.39, 0.29) is 72.8 Å². The number of aromatic nitrogens is 7. The summed E-state index contributed by atoms with van der Waals surface area (Å²) in [6, 6.07) is 38.5. The van der Waals surface area contributed by atoms with Gasteiger partial charge in [-0.3, -0.25) is 29.1 Å². The first kappa shape index (κ1) is 76.3. The number of rotatable bonds is 23. The molecule has 0 unspecified atom stereocenters. The molecule has 0 atom stereocenters. The molecule has 6 fully saturated rings. The largest absolute Gasteiger partial charge is 0.489 e. The second-order valence-corrected chi connectivity index (χ2v) is 33.0. The first-order valence-corrected chi connectivity index (χ1v) is 40.4. The van der Waals surface area contributed by atoms with Gasteiger partial charge < -0.3 is 47.6 Å². The lowest BCUT2D eigenvalue weighted by atomic mass is 9.98. The number of fused-ring (bicyclic) bond motifs is 6. The number of carbonyl (C=O) groups is 6. The van der Waals surface area contributed by atoms with E-state index >= 15 is 0 Å². The predicted octanol–water partition coefficient (Wildman–Crippen LogP) is 19.8. The summed E-state index contributed by atoms with van der Waals surface area (Å²) in [6.07, 6.45) is 16.3. The molecule has 0 saturated heterocycles. The summed E-state index contributed by atoms with van der Waals surface area (Å²) in [5.41, 5.74) is 9.86. The summed E-state index contributed by atoms with van der Waals surface area (Å²) >= 11 is 38.9. The minimum atomic E-state index is -1.04. The highest BCUT2D eigenvalue weighted by Crippen LogP contribution is 2.62. The number of halogens is 6. The molecule has 12 aromatic rings. The molecule has 9 aliphatic rings. The second kappa shape index (κ2) is 30.0. The van der Waals surface area contributed by atoms with Gasteiger partial charge in [0.25, 0.3) is 6.47 Å². The molecule has 3 spiro atoms. The number of nitrogens with zero attached hydrogens (tertiary/aromatic N) is 10. The first-order valence-electron chi connectivity index (χ1n) is 38.1. The summed E-state index contributed by atoms with van der Waals surface area (Å²) in [6.45, 7) is 1.16. The minimum absolute atomic E-state index is 0.0365. The van der Waals surface area contributed by atoms with Gasteiger partial charge in [-0.15, -0.1) is 0 Å². The van der Waals surface area contributed by atoms with Crippen LogP contribution in [0.1, 0.15) is 172 Å². The van der Waals surface area contributed by atoms with Crippen LogP contribution in [0.2, 0.25) is 30.1 Å². The highest BCUT2D eigenvalue weighted by molar-refractivity contribution is 6.40. The van der Waals surface area contributed by atoms with Crippen LogP contribution < -0.4 is 33.6 Å². The van der Waals surface area contributed by atoms with Crippen LogP contribution in [0.4, 0.5) is 28.8 Å². The molecule has 0 radical (unpaired) electrons. The average Bonchev–Trinajstić information content (AvgIpc) is 1.55. The molecule has 6 saturated carbocycles. The Kier molecular flexibility index (Phi) is 19.4.